The second-order valence-corrected chi connectivity index (χ2v) is 4.84. The van der Waals surface area contributed by atoms with Crippen molar-refractivity contribution in [3.8, 4) is 0 Å². The third-order valence-electron chi connectivity index (χ3n) is 2.50. The number of hydrogen-bond acceptors (Lipinski definition) is 2. The first-order valence-corrected chi connectivity index (χ1v) is 6.52. The molecule has 1 amide bonds. The third-order valence-corrected chi connectivity index (χ3v) is 3.03. The molecule has 2 aromatic rings. The van der Waals surface area contributed by atoms with Gasteiger partial charge in [-0.3, -0.25) is 9.48 Å². The zero-order chi connectivity index (χ0) is 12.8. The lowest BCUT2D eigenvalue weighted by atomic mass is 10.1. The molecular formula is C13H14BrN3O. The number of aromatic nitrogens is 2. The van der Waals surface area contributed by atoms with Gasteiger partial charge >= 0.3 is 0 Å². The van der Waals surface area contributed by atoms with Gasteiger partial charge in [0.15, 0.2) is 0 Å². The minimum absolute atomic E-state index is 0.0319. The molecule has 0 spiro atoms. The lowest BCUT2D eigenvalue weighted by Gasteiger charge is -2.05. The molecule has 1 aromatic carbocycles. The molecule has 1 heterocycles. The van der Waals surface area contributed by atoms with Crippen LogP contribution in [0.1, 0.15) is 5.56 Å². The Bertz CT molecular complexity index is 493. The summed E-state index contributed by atoms with van der Waals surface area (Å²) >= 11 is 3.37. The summed E-state index contributed by atoms with van der Waals surface area (Å²) in [4.78, 5) is 11.7. The zero-order valence-corrected chi connectivity index (χ0v) is 11.4. The van der Waals surface area contributed by atoms with Crippen molar-refractivity contribution < 1.29 is 4.79 Å². The Morgan fingerprint density at radius 3 is 2.78 bits per heavy atom. The molecule has 0 bridgehead atoms. The number of amides is 1. The van der Waals surface area contributed by atoms with Gasteiger partial charge in [0.2, 0.25) is 5.91 Å². The Morgan fingerprint density at radius 1 is 1.33 bits per heavy atom. The van der Waals surface area contributed by atoms with Crippen molar-refractivity contribution in [3.05, 3.63) is 52.8 Å². The van der Waals surface area contributed by atoms with Crippen LogP contribution < -0.4 is 5.32 Å². The molecule has 0 atom stereocenters. The highest BCUT2D eigenvalue weighted by atomic mass is 79.9. The molecule has 0 aliphatic carbocycles. The van der Waals surface area contributed by atoms with Gasteiger partial charge in [-0.05, 0) is 23.8 Å². The maximum Gasteiger partial charge on any atom is 0.224 e. The molecular weight excluding hydrogens is 294 g/mol. The monoisotopic (exact) mass is 307 g/mol. The normalized spacial score (nSPS) is 10.3. The molecule has 0 unspecified atom stereocenters. The van der Waals surface area contributed by atoms with Crippen LogP contribution in [-0.4, -0.2) is 22.2 Å². The Labute approximate surface area is 114 Å². The summed E-state index contributed by atoms with van der Waals surface area (Å²) in [5.41, 5.74) is 1.01. The van der Waals surface area contributed by atoms with E-state index in [1.54, 1.807) is 10.9 Å². The zero-order valence-electron chi connectivity index (χ0n) is 9.84. The van der Waals surface area contributed by atoms with Crippen molar-refractivity contribution in [1.29, 1.82) is 0 Å². The number of rotatable bonds is 5. The van der Waals surface area contributed by atoms with Crippen LogP contribution in [0, 0.1) is 0 Å². The number of nitrogens with one attached hydrogen (secondary N) is 1. The first-order valence-electron chi connectivity index (χ1n) is 5.72. The van der Waals surface area contributed by atoms with E-state index in [4.69, 9.17) is 0 Å². The maximum atomic E-state index is 11.7. The average Bonchev–Trinajstić information content (AvgIpc) is 2.85. The quantitative estimate of drug-likeness (QED) is 0.918. The van der Waals surface area contributed by atoms with Crippen molar-refractivity contribution in [2.24, 2.45) is 0 Å². The number of carbonyl (C=O) groups excluding carboxylic acids is 1. The second kappa shape index (κ2) is 6.35. The highest BCUT2D eigenvalue weighted by Gasteiger charge is 2.02. The van der Waals surface area contributed by atoms with Gasteiger partial charge in [0, 0.05) is 23.4 Å². The van der Waals surface area contributed by atoms with Gasteiger partial charge in [-0.25, -0.2) is 0 Å². The molecule has 0 radical (unpaired) electrons. The Morgan fingerprint density at radius 2 is 2.11 bits per heavy atom. The Hall–Kier alpha value is -1.62. The van der Waals surface area contributed by atoms with E-state index >= 15 is 0 Å². The van der Waals surface area contributed by atoms with Gasteiger partial charge < -0.3 is 5.32 Å². The van der Waals surface area contributed by atoms with Crippen LogP contribution in [-0.2, 0) is 17.8 Å². The SMILES string of the molecule is O=C(Cc1ccc(Br)cc1)NCCn1cccn1. The smallest absolute Gasteiger partial charge is 0.224 e. The van der Waals surface area contributed by atoms with Crippen LogP contribution in [0.3, 0.4) is 0 Å². The molecule has 0 aliphatic heterocycles. The average molecular weight is 308 g/mol. The van der Waals surface area contributed by atoms with Crippen LogP contribution in [0.2, 0.25) is 0 Å². The predicted molar refractivity (Wildman–Crippen MR) is 73.1 cm³/mol. The van der Waals surface area contributed by atoms with E-state index in [-0.39, 0.29) is 5.91 Å². The predicted octanol–water partition coefficient (Wildman–Crippen LogP) is 2.00. The van der Waals surface area contributed by atoms with Gasteiger partial charge in [0.1, 0.15) is 0 Å². The third kappa shape index (κ3) is 4.00. The lowest BCUT2D eigenvalue weighted by Crippen LogP contribution is -2.28. The van der Waals surface area contributed by atoms with E-state index in [1.165, 1.54) is 0 Å². The van der Waals surface area contributed by atoms with E-state index in [9.17, 15) is 4.79 Å². The first-order chi connectivity index (χ1) is 8.74. The fourth-order valence-corrected chi connectivity index (χ4v) is 1.86. The summed E-state index contributed by atoms with van der Waals surface area (Å²) < 4.78 is 2.81. The molecule has 2 rings (SSSR count). The molecule has 1 N–H and O–H groups in total. The van der Waals surface area contributed by atoms with Crippen molar-refractivity contribution >= 4 is 21.8 Å². The fourth-order valence-electron chi connectivity index (χ4n) is 1.59. The topological polar surface area (TPSA) is 46.9 Å². The molecule has 0 aliphatic rings. The number of carbonyl (C=O) groups is 1. The fraction of sp³-hybridized carbons (Fsp3) is 0.231. The maximum absolute atomic E-state index is 11.7. The summed E-state index contributed by atoms with van der Waals surface area (Å²) in [5.74, 6) is 0.0319. The highest BCUT2D eigenvalue weighted by molar-refractivity contribution is 9.10. The minimum atomic E-state index is 0.0319. The number of hydrogen-bond donors (Lipinski definition) is 1. The number of halogens is 1. The van der Waals surface area contributed by atoms with Gasteiger partial charge in [-0.2, -0.15) is 5.10 Å². The summed E-state index contributed by atoms with van der Waals surface area (Å²) in [6.07, 6.45) is 4.01. The molecule has 18 heavy (non-hydrogen) atoms. The van der Waals surface area contributed by atoms with Crippen LogP contribution in [0.5, 0.6) is 0 Å². The molecule has 1 aromatic heterocycles. The van der Waals surface area contributed by atoms with Crippen molar-refractivity contribution in [2.45, 2.75) is 13.0 Å². The summed E-state index contributed by atoms with van der Waals surface area (Å²) in [6, 6.07) is 9.62. The molecule has 4 nitrogen and oxygen atoms in total. The largest absolute Gasteiger partial charge is 0.354 e. The highest BCUT2D eigenvalue weighted by Crippen LogP contribution is 2.10. The van der Waals surface area contributed by atoms with Gasteiger partial charge in [-0.1, -0.05) is 28.1 Å². The minimum Gasteiger partial charge on any atom is -0.354 e. The van der Waals surface area contributed by atoms with Crippen LogP contribution in [0.4, 0.5) is 0 Å². The standard InChI is InChI=1S/C13H14BrN3O/c14-12-4-2-11(3-5-12)10-13(18)15-7-9-17-8-1-6-16-17/h1-6,8H,7,9-10H2,(H,15,18). The molecule has 0 fully saturated rings. The van der Waals surface area contributed by atoms with E-state index in [0.717, 1.165) is 10.0 Å². The van der Waals surface area contributed by atoms with Crippen molar-refractivity contribution in [2.75, 3.05) is 6.54 Å². The summed E-state index contributed by atoms with van der Waals surface area (Å²) in [5, 5.41) is 6.94. The molecule has 0 saturated carbocycles. The first kappa shape index (κ1) is 12.8. The Kier molecular flexibility index (Phi) is 4.52. The van der Waals surface area contributed by atoms with E-state index in [1.807, 2.05) is 36.5 Å². The Balaban J connectivity index is 1.73. The second-order valence-electron chi connectivity index (χ2n) is 3.92. The van der Waals surface area contributed by atoms with Crippen molar-refractivity contribution in [3.63, 3.8) is 0 Å². The van der Waals surface area contributed by atoms with E-state index < -0.39 is 0 Å². The van der Waals surface area contributed by atoms with Crippen molar-refractivity contribution in [1.82, 2.24) is 15.1 Å². The van der Waals surface area contributed by atoms with E-state index in [2.05, 4.69) is 26.3 Å². The number of benzene rings is 1. The number of nitrogens with zero attached hydrogens (tertiary/aromatic N) is 2. The van der Waals surface area contributed by atoms with Gasteiger partial charge in [0.25, 0.3) is 0 Å². The van der Waals surface area contributed by atoms with E-state index in [0.29, 0.717) is 19.5 Å². The lowest BCUT2D eigenvalue weighted by molar-refractivity contribution is -0.120. The van der Waals surface area contributed by atoms with Gasteiger partial charge in [0.05, 0.1) is 13.0 Å². The summed E-state index contributed by atoms with van der Waals surface area (Å²) in [7, 11) is 0. The van der Waals surface area contributed by atoms with Crippen LogP contribution >= 0.6 is 15.9 Å². The van der Waals surface area contributed by atoms with Gasteiger partial charge in [-0.15, -0.1) is 0 Å². The molecule has 94 valence electrons. The van der Waals surface area contributed by atoms with Crippen LogP contribution in [0.15, 0.2) is 47.2 Å². The molecule has 0 saturated heterocycles. The summed E-state index contributed by atoms with van der Waals surface area (Å²) in [6.45, 7) is 1.29. The van der Waals surface area contributed by atoms with Crippen LogP contribution in [0.25, 0.3) is 0 Å². The molecule has 5 heteroatoms.